The molecule has 0 aliphatic rings. The fourth-order valence-corrected chi connectivity index (χ4v) is 2.94. The van der Waals surface area contributed by atoms with Crippen LogP contribution < -0.4 is 15.4 Å². The Labute approximate surface area is 174 Å². The third-order valence-corrected chi connectivity index (χ3v) is 4.53. The summed E-state index contributed by atoms with van der Waals surface area (Å²) in [5.74, 6) is -3.06. The van der Waals surface area contributed by atoms with E-state index in [1.165, 1.54) is 7.11 Å². The molecule has 0 fully saturated rings. The van der Waals surface area contributed by atoms with Gasteiger partial charge >= 0.3 is 5.97 Å². The molecule has 9 heteroatoms. The van der Waals surface area contributed by atoms with E-state index in [9.17, 15) is 19.2 Å². The van der Waals surface area contributed by atoms with Crippen LogP contribution in [0.15, 0.2) is 18.2 Å². The minimum absolute atomic E-state index is 0.000514. The highest BCUT2D eigenvalue weighted by Gasteiger charge is 2.29. The van der Waals surface area contributed by atoms with Gasteiger partial charge in [0.15, 0.2) is 5.78 Å². The van der Waals surface area contributed by atoms with Crippen LogP contribution in [0.2, 0.25) is 0 Å². The van der Waals surface area contributed by atoms with Crippen molar-refractivity contribution in [3.05, 3.63) is 29.3 Å². The van der Waals surface area contributed by atoms with Gasteiger partial charge in [0, 0.05) is 5.56 Å². The van der Waals surface area contributed by atoms with E-state index < -0.39 is 48.0 Å². The lowest BCUT2D eigenvalue weighted by Crippen LogP contribution is -2.54. The molecule has 0 spiro atoms. The van der Waals surface area contributed by atoms with Crippen LogP contribution in [-0.4, -0.2) is 53.7 Å². The van der Waals surface area contributed by atoms with E-state index >= 15 is 0 Å². The number of carbonyl (C=O) groups excluding carboxylic acids is 3. The molecule has 2 atom stereocenters. The minimum atomic E-state index is -1.26. The second-order valence-electron chi connectivity index (χ2n) is 7.04. The average molecular weight is 427 g/mol. The number of hydrogen-bond donors (Lipinski definition) is 3. The third kappa shape index (κ3) is 7.73. The predicted molar refractivity (Wildman–Crippen MR) is 108 cm³/mol. The number of rotatable bonds is 11. The minimum Gasteiger partial charge on any atom is -0.496 e. The number of carboxylic acid groups (broad SMARTS) is 1. The van der Waals surface area contributed by atoms with Gasteiger partial charge in [-0.05, 0) is 18.9 Å². The summed E-state index contributed by atoms with van der Waals surface area (Å²) in [5.41, 5.74) is 1.64. The quantitative estimate of drug-likeness (QED) is 0.460. The molecule has 0 aliphatic heterocycles. The van der Waals surface area contributed by atoms with Crippen molar-refractivity contribution < 1.29 is 29.0 Å². The van der Waals surface area contributed by atoms with Crippen molar-refractivity contribution in [3.63, 3.8) is 0 Å². The zero-order chi connectivity index (χ0) is 22.1. The van der Waals surface area contributed by atoms with Crippen LogP contribution in [0.3, 0.4) is 0 Å². The van der Waals surface area contributed by atoms with Gasteiger partial charge in [0.05, 0.1) is 31.9 Å². The number of halogens is 1. The van der Waals surface area contributed by atoms with E-state index in [-0.39, 0.29) is 12.3 Å². The second-order valence-corrected chi connectivity index (χ2v) is 7.31. The number of nitrogens with one attached hydrogen (secondary N) is 2. The molecule has 1 aromatic carbocycles. The summed E-state index contributed by atoms with van der Waals surface area (Å²) in [6.45, 7) is 5.35. The standard InChI is InChI=1S/C20H27ClN2O6/c1-11(2)19(20(28)22-14(9-18(26)27)15(24)10-21)23-17(25)8-13-7-12(3)5-6-16(13)29-4/h5-7,11,14,19H,8-10H2,1-4H3,(H,22,28)(H,23,25)(H,26,27)/t14?,19-/m0/s1. The number of carboxylic acids is 1. The van der Waals surface area contributed by atoms with E-state index in [1.54, 1.807) is 19.9 Å². The number of methoxy groups -OCH3 is 1. The van der Waals surface area contributed by atoms with Gasteiger partial charge in [-0.3, -0.25) is 19.2 Å². The lowest BCUT2D eigenvalue weighted by molar-refractivity contribution is -0.140. The van der Waals surface area contributed by atoms with Crippen molar-refractivity contribution in [2.75, 3.05) is 13.0 Å². The number of amides is 2. The van der Waals surface area contributed by atoms with Crippen molar-refractivity contribution in [2.45, 2.75) is 45.7 Å². The summed E-state index contributed by atoms with van der Waals surface area (Å²) < 4.78 is 5.26. The molecule has 1 unspecified atom stereocenters. The molecule has 1 aromatic rings. The highest BCUT2D eigenvalue weighted by molar-refractivity contribution is 6.28. The van der Waals surface area contributed by atoms with Crippen molar-refractivity contribution in [3.8, 4) is 5.75 Å². The normalized spacial score (nSPS) is 12.8. The number of aliphatic carboxylic acids is 1. The number of benzene rings is 1. The van der Waals surface area contributed by atoms with Gasteiger partial charge in [0.2, 0.25) is 11.8 Å². The molecule has 0 aromatic heterocycles. The summed E-state index contributed by atoms with van der Waals surface area (Å²) in [6, 6.07) is 3.25. The fraction of sp³-hybridized carbons (Fsp3) is 0.500. The van der Waals surface area contributed by atoms with Crippen molar-refractivity contribution in [1.82, 2.24) is 10.6 Å². The SMILES string of the molecule is COc1ccc(C)cc1CC(=O)N[C@H](C(=O)NC(CC(=O)O)C(=O)CCl)C(C)C. The molecular weight excluding hydrogens is 400 g/mol. The van der Waals surface area contributed by atoms with Gasteiger partial charge in [-0.1, -0.05) is 31.5 Å². The van der Waals surface area contributed by atoms with Crippen LogP contribution in [0.1, 0.15) is 31.4 Å². The Kier molecular flexibility index (Phi) is 9.61. The summed E-state index contributed by atoms with van der Waals surface area (Å²) in [6.07, 6.45) is -0.586. The summed E-state index contributed by atoms with van der Waals surface area (Å²) in [5, 5.41) is 14.0. The largest absolute Gasteiger partial charge is 0.496 e. The zero-order valence-corrected chi connectivity index (χ0v) is 17.7. The topological polar surface area (TPSA) is 122 Å². The molecule has 0 bridgehead atoms. The summed E-state index contributed by atoms with van der Waals surface area (Å²) in [7, 11) is 1.51. The third-order valence-electron chi connectivity index (χ3n) is 4.27. The Bertz CT molecular complexity index is 765. The second kappa shape index (κ2) is 11.4. The average Bonchev–Trinajstić information content (AvgIpc) is 2.64. The number of carbonyl (C=O) groups is 4. The van der Waals surface area contributed by atoms with Gasteiger partial charge in [0.1, 0.15) is 11.8 Å². The first kappa shape index (κ1) is 24.4. The maximum absolute atomic E-state index is 12.6. The Morgan fingerprint density at radius 3 is 2.34 bits per heavy atom. The maximum atomic E-state index is 12.6. The first-order valence-corrected chi connectivity index (χ1v) is 9.66. The fourth-order valence-electron chi connectivity index (χ4n) is 2.75. The monoisotopic (exact) mass is 426 g/mol. The molecule has 0 saturated heterocycles. The molecule has 3 N–H and O–H groups in total. The van der Waals surface area contributed by atoms with Gasteiger partial charge < -0.3 is 20.5 Å². The lowest BCUT2D eigenvalue weighted by atomic mass is 10.0. The first-order chi connectivity index (χ1) is 13.6. The van der Waals surface area contributed by atoms with Gasteiger partial charge in [-0.15, -0.1) is 11.6 Å². The molecule has 0 heterocycles. The van der Waals surface area contributed by atoms with Gasteiger partial charge in [0.25, 0.3) is 0 Å². The molecule has 1 rings (SSSR count). The Morgan fingerprint density at radius 2 is 1.83 bits per heavy atom. The zero-order valence-electron chi connectivity index (χ0n) is 17.0. The number of ketones is 1. The number of Topliss-reactive ketones (excluding diaryl/α,β-unsaturated/α-hetero) is 1. The molecule has 2 amide bonds. The number of aryl methyl sites for hydroxylation is 1. The molecular formula is C20H27ClN2O6. The molecule has 0 aliphatic carbocycles. The van der Waals surface area contributed by atoms with Crippen molar-refractivity contribution in [1.29, 1.82) is 0 Å². The van der Waals surface area contributed by atoms with Gasteiger partial charge in [-0.25, -0.2) is 0 Å². The van der Waals surface area contributed by atoms with Crippen molar-refractivity contribution >= 4 is 35.2 Å². The number of ether oxygens (including phenoxy) is 1. The van der Waals surface area contributed by atoms with Crippen LogP contribution in [-0.2, 0) is 25.6 Å². The highest BCUT2D eigenvalue weighted by atomic mass is 35.5. The smallest absolute Gasteiger partial charge is 0.305 e. The van der Waals surface area contributed by atoms with E-state index in [1.807, 2.05) is 19.1 Å². The Morgan fingerprint density at radius 1 is 1.17 bits per heavy atom. The van der Waals surface area contributed by atoms with Crippen molar-refractivity contribution in [2.24, 2.45) is 5.92 Å². The molecule has 0 radical (unpaired) electrons. The molecule has 0 saturated carbocycles. The number of hydrogen-bond acceptors (Lipinski definition) is 5. The first-order valence-electron chi connectivity index (χ1n) is 9.12. The summed E-state index contributed by atoms with van der Waals surface area (Å²) in [4.78, 5) is 47.9. The van der Waals surface area contributed by atoms with Crippen LogP contribution in [0.4, 0.5) is 0 Å². The van der Waals surface area contributed by atoms with E-state index in [0.717, 1.165) is 5.56 Å². The van der Waals surface area contributed by atoms with Crippen LogP contribution in [0, 0.1) is 12.8 Å². The van der Waals surface area contributed by atoms with E-state index in [0.29, 0.717) is 11.3 Å². The van der Waals surface area contributed by atoms with E-state index in [2.05, 4.69) is 10.6 Å². The molecule has 160 valence electrons. The van der Waals surface area contributed by atoms with E-state index in [4.69, 9.17) is 21.4 Å². The van der Waals surface area contributed by atoms with Gasteiger partial charge in [-0.2, -0.15) is 0 Å². The maximum Gasteiger partial charge on any atom is 0.305 e. The lowest BCUT2D eigenvalue weighted by Gasteiger charge is -2.24. The van der Waals surface area contributed by atoms with Crippen LogP contribution >= 0.6 is 11.6 Å². The Hall–Kier alpha value is -2.61. The molecule has 29 heavy (non-hydrogen) atoms. The predicted octanol–water partition coefficient (Wildman–Crippen LogP) is 1.45. The van der Waals surface area contributed by atoms with Crippen LogP contribution in [0.25, 0.3) is 0 Å². The summed E-state index contributed by atoms with van der Waals surface area (Å²) >= 11 is 5.50. The van der Waals surface area contributed by atoms with Crippen LogP contribution in [0.5, 0.6) is 5.75 Å². The number of alkyl halides is 1. The Balaban J connectivity index is 2.90. The molecule has 8 nitrogen and oxygen atoms in total. The highest BCUT2D eigenvalue weighted by Crippen LogP contribution is 2.20.